The number of carbonyl (C=O) groups is 1. The Bertz CT molecular complexity index is 1200. The van der Waals surface area contributed by atoms with E-state index in [9.17, 15) is 4.79 Å². The fourth-order valence-corrected chi connectivity index (χ4v) is 3.90. The Morgan fingerprint density at radius 3 is 2.63 bits per heavy atom. The minimum absolute atomic E-state index is 0.234. The molecule has 0 bridgehead atoms. The number of amides is 1. The van der Waals surface area contributed by atoms with Crippen LogP contribution in [0.1, 0.15) is 21.5 Å². The van der Waals surface area contributed by atoms with Gasteiger partial charge in [-0.1, -0.05) is 41.9 Å². The Balaban J connectivity index is 1.47. The van der Waals surface area contributed by atoms with Crippen LogP contribution < -0.4 is 5.32 Å². The highest BCUT2D eigenvalue weighted by Crippen LogP contribution is 2.23. The van der Waals surface area contributed by atoms with Crippen LogP contribution in [0.15, 0.2) is 76.1 Å². The van der Waals surface area contributed by atoms with Crippen LogP contribution in [-0.2, 0) is 13.1 Å². The molecule has 4 aromatic rings. The van der Waals surface area contributed by atoms with Crippen molar-refractivity contribution in [2.24, 2.45) is 0 Å². The van der Waals surface area contributed by atoms with Gasteiger partial charge in [-0.2, -0.15) is 10.2 Å². The molecule has 0 spiro atoms. The molecule has 2 heterocycles. The molecular formula is C21H16Br2ClN5O. The molecule has 0 unspecified atom stereocenters. The van der Waals surface area contributed by atoms with Gasteiger partial charge in [0, 0.05) is 23.0 Å². The number of hydrogen-bond donors (Lipinski definition) is 1. The first kappa shape index (κ1) is 20.8. The highest BCUT2D eigenvalue weighted by atomic mass is 79.9. The van der Waals surface area contributed by atoms with Gasteiger partial charge in [-0.25, -0.2) is 0 Å². The first-order chi connectivity index (χ1) is 14.5. The van der Waals surface area contributed by atoms with Crippen LogP contribution in [0.3, 0.4) is 0 Å². The summed E-state index contributed by atoms with van der Waals surface area (Å²) in [7, 11) is 0. The minimum atomic E-state index is -0.234. The number of aromatic nitrogens is 4. The van der Waals surface area contributed by atoms with Gasteiger partial charge < -0.3 is 5.32 Å². The Kier molecular flexibility index (Phi) is 6.36. The van der Waals surface area contributed by atoms with E-state index in [-0.39, 0.29) is 5.91 Å². The fraction of sp³-hybridized carbons (Fsp3) is 0.0952. The molecule has 0 aliphatic heterocycles. The van der Waals surface area contributed by atoms with Crippen LogP contribution in [0.5, 0.6) is 0 Å². The average molecular weight is 550 g/mol. The second-order valence-corrected chi connectivity index (χ2v) is 8.80. The van der Waals surface area contributed by atoms with Crippen molar-refractivity contribution in [3.63, 3.8) is 0 Å². The summed E-state index contributed by atoms with van der Waals surface area (Å²) in [4.78, 5) is 12.8. The van der Waals surface area contributed by atoms with Crippen LogP contribution in [0.2, 0.25) is 5.02 Å². The Morgan fingerprint density at radius 1 is 1.03 bits per heavy atom. The van der Waals surface area contributed by atoms with Crippen LogP contribution >= 0.6 is 43.5 Å². The average Bonchev–Trinajstić information content (AvgIpc) is 3.28. The summed E-state index contributed by atoms with van der Waals surface area (Å²) in [5.74, 6) is 0.218. The maximum Gasteiger partial charge on any atom is 0.256 e. The lowest BCUT2D eigenvalue weighted by Gasteiger charge is -2.07. The van der Waals surface area contributed by atoms with E-state index in [0.717, 1.165) is 15.6 Å². The molecular weight excluding hydrogens is 534 g/mol. The lowest BCUT2D eigenvalue weighted by Crippen LogP contribution is -2.14. The smallest absolute Gasteiger partial charge is 0.256 e. The van der Waals surface area contributed by atoms with Crippen molar-refractivity contribution in [2.75, 3.05) is 5.32 Å². The van der Waals surface area contributed by atoms with E-state index in [0.29, 0.717) is 34.0 Å². The van der Waals surface area contributed by atoms with Gasteiger partial charge in [0.1, 0.15) is 0 Å². The molecule has 0 radical (unpaired) electrons. The summed E-state index contributed by atoms with van der Waals surface area (Å²) in [5.41, 5.74) is 2.47. The molecule has 9 heteroatoms. The molecule has 1 amide bonds. The maximum absolute atomic E-state index is 12.8. The molecule has 2 aromatic heterocycles. The largest absolute Gasteiger partial charge is 0.304 e. The van der Waals surface area contributed by atoms with Gasteiger partial charge in [-0.05, 0) is 61.2 Å². The number of hydrogen-bond acceptors (Lipinski definition) is 3. The van der Waals surface area contributed by atoms with Crippen molar-refractivity contribution in [3.05, 3.63) is 97.8 Å². The van der Waals surface area contributed by atoms with E-state index in [2.05, 4.69) is 47.4 Å². The first-order valence-electron chi connectivity index (χ1n) is 9.02. The summed E-state index contributed by atoms with van der Waals surface area (Å²) in [6.45, 7) is 1.08. The fourth-order valence-electron chi connectivity index (χ4n) is 2.97. The van der Waals surface area contributed by atoms with Gasteiger partial charge in [-0.3, -0.25) is 14.2 Å². The first-order valence-corrected chi connectivity index (χ1v) is 11.0. The molecule has 4 rings (SSSR count). The van der Waals surface area contributed by atoms with E-state index < -0.39 is 0 Å². The maximum atomic E-state index is 12.8. The van der Waals surface area contributed by atoms with Gasteiger partial charge in [-0.15, -0.1) is 0 Å². The van der Waals surface area contributed by atoms with Crippen LogP contribution in [0, 0.1) is 0 Å². The zero-order valence-electron chi connectivity index (χ0n) is 15.6. The third kappa shape index (κ3) is 5.00. The second-order valence-electron chi connectivity index (χ2n) is 6.63. The zero-order chi connectivity index (χ0) is 21.1. The van der Waals surface area contributed by atoms with Crippen molar-refractivity contribution in [1.29, 1.82) is 0 Å². The van der Waals surface area contributed by atoms with Gasteiger partial charge in [0.25, 0.3) is 5.91 Å². The molecule has 2 aromatic carbocycles. The summed E-state index contributed by atoms with van der Waals surface area (Å²) < 4.78 is 5.13. The Labute approximate surface area is 195 Å². The van der Waals surface area contributed by atoms with Gasteiger partial charge in [0.05, 0.1) is 28.2 Å². The van der Waals surface area contributed by atoms with Gasteiger partial charge >= 0.3 is 0 Å². The van der Waals surface area contributed by atoms with Crippen molar-refractivity contribution < 1.29 is 4.79 Å². The van der Waals surface area contributed by atoms with E-state index in [1.807, 2.05) is 54.9 Å². The summed E-state index contributed by atoms with van der Waals surface area (Å²) >= 11 is 13.1. The van der Waals surface area contributed by atoms with Crippen molar-refractivity contribution >= 4 is 55.2 Å². The quantitative estimate of drug-likeness (QED) is 0.340. The zero-order valence-corrected chi connectivity index (χ0v) is 19.5. The Hall–Kier alpha value is -2.42. The van der Waals surface area contributed by atoms with Crippen LogP contribution in [0.4, 0.5) is 5.82 Å². The molecule has 0 atom stereocenters. The highest BCUT2D eigenvalue weighted by molar-refractivity contribution is 9.10. The topological polar surface area (TPSA) is 64.7 Å². The molecule has 6 nitrogen and oxygen atoms in total. The number of benzene rings is 2. The van der Waals surface area contributed by atoms with Crippen molar-refractivity contribution in [2.45, 2.75) is 13.1 Å². The van der Waals surface area contributed by atoms with Crippen molar-refractivity contribution in [3.8, 4) is 0 Å². The molecule has 0 saturated heterocycles. The molecule has 0 saturated carbocycles. The van der Waals surface area contributed by atoms with E-state index >= 15 is 0 Å². The summed E-state index contributed by atoms with van der Waals surface area (Å²) in [5, 5.41) is 12.3. The lowest BCUT2D eigenvalue weighted by atomic mass is 10.1. The molecule has 0 aliphatic rings. The van der Waals surface area contributed by atoms with Crippen LogP contribution in [0.25, 0.3) is 0 Å². The lowest BCUT2D eigenvalue weighted by molar-refractivity contribution is 0.102. The number of nitrogens with one attached hydrogen (secondary N) is 1. The summed E-state index contributed by atoms with van der Waals surface area (Å²) in [6.07, 6.45) is 5.42. The number of rotatable bonds is 6. The van der Waals surface area contributed by atoms with Crippen LogP contribution in [-0.4, -0.2) is 25.5 Å². The highest BCUT2D eigenvalue weighted by Gasteiger charge is 2.13. The normalized spacial score (nSPS) is 10.9. The molecule has 0 fully saturated rings. The summed E-state index contributed by atoms with van der Waals surface area (Å²) in [6, 6.07) is 15.0. The molecule has 1 N–H and O–H groups in total. The molecule has 0 aliphatic carbocycles. The SMILES string of the molecule is O=C(Nc1nn(Cc2ccccc2Cl)cc1Br)c1cccc(Cn2cc(Br)cn2)c1. The van der Waals surface area contributed by atoms with E-state index in [4.69, 9.17) is 11.6 Å². The van der Waals surface area contributed by atoms with Gasteiger partial charge in [0.2, 0.25) is 0 Å². The molecule has 152 valence electrons. The number of anilines is 1. The Morgan fingerprint density at radius 2 is 1.87 bits per heavy atom. The third-order valence-corrected chi connectivity index (χ3v) is 5.73. The predicted molar refractivity (Wildman–Crippen MR) is 124 cm³/mol. The molecule has 30 heavy (non-hydrogen) atoms. The van der Waals surface area contributed by atoms with Crippen molar-refractivity contribution in [1.82, 2.24) is 19.6 Å². The standard InChI is InChI=1S/C21H16Br2ClN5O/c22-17-9-25-28(12-17)10-14-4-3-6-15(8-14)21(30)26-20-18(23)13-29(27-20)11-16-5-1-2-7-19(16)24/h1-9,12-13H,10-11H2,(H,26,27,30). The number of nitrogens with zero attached hydrogens (tertiary/aromatic N) is 4. The number of carbonyl (C=O) groups excluding carboxylic acids is 1. The third-order valence-electron chi connectivity index (χ3n) is 4.37. The second kappa shape index (κ2) is 9.16. The van der Waals surface area contributed by atoms with Gasteiger partial charge in [0.15, 0.2) is 5.82 Å². The monoisotopic (exact) mass is 547 g/mol. The minimum Gasteiger partial charge on any atom is -0.304 e. The predicted octanol–water partition coefficient (Wildman–Crippen LogP) is 5.61. The van der Waals surface area contributed by atoms with E-state index in [1.54, 1.807) is 21.6 Å². The van der Waals surface area contributed by atoms with E-state index in [1.165, 1.54) is 0 Å². The number of halogens is 3.